The molecule has 27 heteroatoms. The van der Waals surface area contributed by atoms with E-state index in [1.54, 1.807) is 31.9 Å². The van der Waals surface area contributed by atoms with Crippen LogP contribution < -0.4 is 49.7 Å². The minimum absolute atomic E-state index is 0.432. The van der Waals surface area contributed by atoms with Crippen LogP contribution in [0.1, 0.15) is 79.3 Å². The monoisotopic (exact) mass is 1790 g/mol. The molecule has 6 aliphatic heterocycles. The highest BCUT2D eigenvalue weighted by Crippen LogP contribution is 2.34. The minimum atomic E-state index is 0.432. The Bertz CT molecular complexity index is 5620. The van der Waals surface area contributed by atoms with Crippen LogP contribution in [0.2, 0.25) is 0 Å². The van der Waals surface area contributed by atoms with Crippen LogP contribution >= 0.6 is 0 Å². The zero-order chi connectivity index (χ0) is 90.9. The fraction of sp³-hybridized carbons (Fsp3) is 0.321. The highest BCUT2D eigenvalue weighted by molar-refractivity contribution is 5.69. The maximum atomic E-state index is 6.17. The lowest BCUT2D eigenvalue weighted by molar-refractivity contribution is 0.137. The van der Waals surface area contributed by atoms with E-state index >= 15 is 0 Å². The summed E-state index contributed by atoms with van der Waals surface area (Å²) in [7, 11) is 1.67. The number of aromatic nitrogens is 8. The van der Waals surface area contributed by atoms with Crippen LogP contribution in [0.4, 0.5) is 46.5 Å². The van der Waals surface area contributed by atoms with Gasteiger partial charge in [-0.05, 0) is 216 Å². The van der Waals surface area contributed by atoms with E-state index in [4.69, 9.17) is 71.8 Å². The third-order valence-corrected chi connectivity index (χ3v) is 22.5. The van der Waals surface area contributed by atoms with Crippen molar-refractivity contribution in [3.05, 3.63) is 301 Å². The van der Waals surface area contributed by atoms with E-state index in [1.807, 2.05) is 200 Å². The Hall–Kier alpha value is -13.3. The molecule has 690 valence electrons. The number of fused-ring (bicyclic) bond motifs is 28. The van der Waals surface area contributed by atoms with Gasteiger partial charge in [-0.25, -0.2) is 39.9 Å². The van der Waals surface area contributed by atoms with E-state index in [0.717, 1.165) is 188 Å². The fourth-order valence-corrected chi connectivity index (χ4v) is 15.5. The molecule has 12 aromatic rings. The number of hydrogen-bond acceptors (Lipinski definition) is 27. The zero-order valence-electron chi connectivity index (χ0n) is 76.1. The van der Waals surface area contributed by atoms with Crippen molar-refractivity contribution in [1.29, 1.82) is 0 Å². The molecule has 133 heavy (non-hydrogen) atoms. The number of ether oxygens (including phenoxy) is 12. The van der Waals surface area contributed by atoms with E-state index in [1.165, 1.54) is 38.8 Å². The van der Waals surface area contributed by atoms with E-state index < -0.39 is 0 Å². The molecule has 2 saturated heterocycles. The lowest BCUT2D eigenvalue weighted by Gasteiger charge is -2.19. The average molecular weight is 1800 g/mol. The van der Waals surface area contributed by atoms with Crippen LogP contribution in [0.3, 0.4) is 0 Å². The van der Waals surface area contributed by atoms with Gasteiger partial charge in [0.1, 0.15) is 60.9 Å². The standard InChI is InChI=1S/C29H34N4O4.C28H32N4O3.C28H34N4O3.C21H19N3O2/c1-34-27-8-6-22-18-23(27)20-35-15-4-5-16-36-21-24-19-25(31-29-30-11-10-26(22)32-29)7-9-28(24)37-17-14-33-12-2-3-13-33;1-2-13-32(12-1)14-17-35-27-9-8-25-19-24(27)21-34-16-4-3-15-33-20-22-6-5-7-23(18-22)26-10-11-29-28(30-25)31-26;1-3-32(4-2)14-17-35-27-11-10-25-19-24(27)21-34-16-6-5-15-33-20-22-8-7-9-23(18-22)26-12-13-29-28(30-25)31-26;1-2-12-25-18-8-4-6-16(14-18)20-10-11-22-21(24-20)23-17-7-5-9-19(15-17)26-13-3-1/h4-11,18-19H,2-3,12-17,20-21H2,1H3,(H,30,31,32);3-11,18-19H,1-2,12-17,20-21H2,(H,29,30,31);5-13,18-19H,3-4,14-17,20-21H2,1-2H3,(H,29,30,31);1,3-11,14-15H,2,12-13H2,(H,22,23,24)/b5-4+;4-3+;6-5+;3-1+. The molecule has 10 heterocycles. The molecule has 2 fully saturated rings. The Kier molecular flexibility index (Phi) is 36.5. The van der Waals surface area contributed by atoms with Gasteiger partial charge < -0.3 is 83.0 Å². The maximum Gasteiger partial charge on any atom is 0.227 e. The van der Waals surface area contributed by atoms with E-state index in [2.05, 4.69) is 117 Å². The summed E-state index contributed by atoms with van der Waals surface area (Å²) in [6.07, 6.45) is 29.0. The van der Waals surface area contributed by atoms with Crippen LogP contribution in [0.15, 0.2) is 268 Å². The number of methoxy groups -OCH3 is 1. The molecule has 0 aliphatic carbocycles. The minimum Gasteiger partial charge on any atom is -0.496 e. The Morgan fingerprint density at radius 2 is 0.707 bits per heavy atom. The van der Waals surface area contributed by atoms with Gasteiger partial charge in [0.15, 0.2) is 0 Å². The number of rotatable bonds is 15. The third-order valence-electron chi connectivity index (χ3n) is 22.5. The van der Waals surface area contributed by atoms with Gasteiger partial charge in [-0.15, -0.1) is 0 Å². The van der Waals surface area contributed by atoms with Crippen molar-refractivity contribution in [2.24, 2.45) is 0 Å². The molecule has 0 spiro atoms. The average Bonchev–Trinajstić information content (AvgIpc) is 0.871. The quantitative estimate of drug-likeness (QED) is 0.0694. The molecule has 27 nitrogen and oxygen atoms in total. The summed E-state index contributed by atoms with van der Waals surface area (Å²) in [5.41, 5.74) is 17.0. The second-order valence-electron chi connectivity index (χ2n) is 32.1. The first kappa shape index (κ1) is 94.3. The van der Waals surface area contributed by atoms with Crippen LogP contribution in [-0.4, -0.2) is 193 Å². The van der Waals surface area contributed by atoms with Gasteiger partial charge in [-0.2, -0.15) is 0 Å². The second-order valence-corrected chi connectivity index (χ2v) is 32.1. The van der Waals surface area contributed by atoms with E-state index in [9.17, 15) is 0 Å². The number of nitrogens with one attached hydrogen (secondary N) is 4. The number of benzene rings is 8. The van der Waals surface area contributed by atoms with Gasteiger partial charge >= 0.3 is 0 Å². The molecule has 0 radical (unpaired) electrons. The number of anilines is 8. The Morgan fingerprint density at radius 3 is 1.14 bits per heavy atom. The highest BCUT2D eigenvalue weighted by Gasteiger charge is 2.19. The lowest BCUT2D eigenvalue weighted by atomic mass is 10.1. The molecule has 0 amide bonds. The van der Waals surface area contributed by atoms with Crippen LogP contribution in [0, 0.1) is 0 Å². The summed E-state index contributed by atoms with van der Waals surface area (Å²) >= 11 is 0. The van der Waals surface area contributed by atoms with Crippen molar-refractivity contribution in [2.75, 3.05) is 160 Å². The molecular formula is C106H119N15O12. The van der Waals surface area contributed by atoms with Crippen molar-refractivity contribution < 1.29 is 56.8 Å². The molecule has 4 N–H and O–H groups in total. The SMILES string of the molecule is C1=C/COCc2cc(ccc2OCCN2CCCC2)Nc2nccc(n2)-c2cccc(c2)COC/1.C1=C/COc2cccc(c2)Nc2nccc(n2)-c2cccc(c2)OCC/1.CCN(CC)CCOc1ccc2cc1COC/C=C/COCc1cccc(c1)-c1ccnc(n1)N2.COc1ccc2cc1COC/C=C/COCc1cc(ccc1OCCN1CCCC1)Nc1nccc-2n1. The zero-order valence-corrected chi connectivity index (χ0v) is 76.1. The predicted octanol–water partition coefficient (Wildman–Crippen LogP) is 19.8. The molecule has 8 aromatic carbocycles. The molecular weight excluding hydrogens is 1680 g/mol. The lowest BCUT2D eigenvalue weighted by Crippen LogP contribution is -2.28. The first-order valence-corrected chi connectivity index (χ1v) is 46.0. The van der Waals surface area contributed by atoms with Crippen molar-refractivity contribution in [1.82, 2.24) is 54.6 Å². The maximum absolute atomic E-state index is 6.17. The van der Waals surface area contributed by atoms with Crippen molar-refractivity contribution in [3.63, 3.8) is 0 Å². The molecule has 0 saturated carbocycles. The number of hydrogen-bond donors (Lipinski definition) is 4. The number of likely N-dealkylation sites (N-methyl/N-ethyl adjacent to an activating group) is 1. The predicted molar refractivity (Wildman–Crippen MR) is 521 cm³/mol. The first-order valence-electron chi connectivity index (χ1n) is 46.0. The van der Waals surface area contributed by atoms with Crippen LogP contribution in [-0.2, 0) is 68.1 Å². The van der Waals surface area contributed by atoms with Gasteiger partial charge in [0.2, 0.25) is 23.8 Å². The Balaban J connectivity index is 0.000000136. The summed E-state index contributed by atoms with van der Waals surface area (Å²) in [6, 6.07) is 63.9. The van der Waals surface area contributed by atoms with Gasteiger partial charge in [-0.1, -0.05) is 117 Å². The molecule has 0 unspecified atom stereocenters. The Morgan fingerprint density at radius 1 is 0.338 bits per heavy atom. The van der Waals surface area contributed by atoms with Crippen molar-refractivity contribution in [3.8, 4) is 79.5 Å². The smallest absolute Gasteiger partial charge is 0.227 e. The summed E-state index contributed by atoms with van der Waals surface area (Å²) in [5.74, 6) is 7.07. The van der Waals surface area contributed by atoms with E-state index in [0.29, 0.717) is 136 Å². The summed E-state index contributed by atoms with van der Waals surface area (Å²) in [6.45, 7) is 22.8. The second kappa shape index (κ2) is 51.5. The van der Waals surface area contributed by atoms with Crippen molar-refractivity contribution >= 4 is 46.5 Å². The topological polar surface area (TPSA) is 272 Å². The van der Waals surface area contributed by atoms with Gasteiger partial charge in [0.25, 0.3) is 0 Å². The molecule has 4 aromatic heterocycles. The number of nitrogens with zero attached hydrogens (tertiary/aromatic N) is 11. The molecule has 18 rings (SSSR count). The molecule has 0 atom stereocenters. The normalized spacial score (nSPS) is 16.4. The third kappa shape index (κ3) is 30.1. The van der Waals surface area contributed by atoms with Crippen LogP contribution in [0.25, 0.3) is 45.0 Å². The fourth-order valence-electron chi connectivity index (χ4n) is 15.5. The van der Waals surface area contributed by atoms with Gasteiger partial charge in [0, 0.05) is 118 Å². The summed E-state index contributed by atoms with van der Waals surface area (Å²) in [4.78, 5) is 43.7. The highest BCUT2D eigenvalue weighted by atomic mass is 16.5. The summed E-state index contributed by atoms with van der Waals surface area (Å²) in [5, 5.41) is 13.3. The Labute approximate surface area is 779 Å². The first-order chi connectivity index (χ1) is 65.7. The van der Waals surface area contributed by atoms with Crippen LogP contribution in [0.5, 0.6) is 34.5 Å². The van der Waals surface area contributed by atoms with Crippen molar-refractivity contribution in [2.45, 2.75) is 85.6 Å². The molecule has 6 aliphatic rings. The van der Waals surface area contributed by atoms with Gasteiger partial charge in [0.05, 0.1) is 116 Å². The largest absolute Gasteiger partial charge is 0.496 e. The summed E-state index contributed by atoms with van der Waals surface area (Å²) < 4.78 is 70.8. The van der Waals surface area contributed by atoms with Gasteiger partial charge in [-0.3, -0.25) is 9.80 Å². The number of likely N-dealkylation sites (tertiary alicyclic amines) is 2. The molecule has 24 bridgehead atoms. The van der Waals surface area contributed by atoms with E-state index in [-0.39, 0.29) is 0 Å².